The van der Waals surface area contributed by atoms with Crippen molar-refractivity contribution in [2.75, 3.05) is 10.6 Å². The van der Waals surface area contributed by atoms with E-state index in [1.807, 2.05) is 42.5 Å². The number of benzene rings is 3. The highest BCUT2D eigenvalue weighted by molar-refractivity contribution is 5.85. The maximum absolute atomic E-state index is 11.2. The number of anilines is 4. The van der Waals surface area contributed by atoms with Crippen LogP contribution < -0.4 is 10.6 Å². The fourth-order valence-corrected chi connectivity index (χ4v) is 2.98. The van der Waals surface area contributed by atoms with Crippen molar-refractivity contribution in [3.8, 4) is 24.7 Å². The van der Waals surface area contributed by atoms with E-state index >= 15 is 0 Å². The summed E-state index contributed by atoms with van der Waals surface area (Å²) in [5, 5.41) is 17.6. The van der Waals surface area contributed by atoms with E-state index in [1.165, 1.54) is 12.1 Å². The zero-order valence-corrected chi connectivity index (χ0v) is 16.2. The summed E-state index contributed by atoms with van der Waals surface area (Å²) in [7, 11) is 0. The molecule has 1 heterocycles. The van der Waals surface area contributed by atoms with Gasteiger partial charge in [-0.25, -0.2) is 9.97 Å². The van der Waals surface area contributed by atoms with Gasteiger partial charge >= 0.3 is 0 Å². The molecule has 0 radical (unpaired) electrons. The second-order valence-electron chi connectivity index (χ2n) is 6.55. The molecule has 3 aromatic carbocycles. The third-order valence-electron chi connectivity index (χ3n) is 4.44. The smallest absolute Gasteiger partial charge is 0.271 e. The third-order valence-corrected chi connectivity index (χ3v) is 4.44. The maximum Gasteiger partial charge on any atom is 0.271 e. The summed E-state index contributed by atoms with van der Waals surface area (Å²) in [6.07, 6.45) is 11.0. The monoisotopic (exact) mass is 405 g/mol. The topological polar surface area (TPSA) is 93.0 Å². The van der Waals surface area contributed by atoms with Crippen molar-refractivity contribution in [3.63, 3.8) is 0 Å². The van der Waals surface area contributed by atoms with Gasteiger partial charge in [-0.3, -0.25) is 10.1 Å². The van der Waals surface area contributed by atoms with E-state index < -0.39 is 4.92 Å². The SMILES string of the molecule is C#Cc1cccc(Nc2nc3ccc([N+](=O)[O-])cc3nc2Nc2cccc(C#C)c2)c1. The molecule has 0 saturated heterocycles. The minimum atomic E-state index is -0.470. The molecule has 1 aromatic heterocycles. The molecule has 7 nitrogen and oxygen atoms in total. The Hall–Kier alpha value is -4.88. The number of nitro benzene ring substituents is 1. The molecule has 0 atom stereocenters. The number of fused-ring (bicyclic) bond motifs is 1. The zero-order chi connectivity index (χ0) is 21.8. The quantitative estimate of drug-likeness (QED) is 0.276. The second-order valence-corrected chi connectivity index (χ2v) is 6.55. The molecule has 0 amide bonds. The second kappa shape index (κ2) is 8.24. The van der Waals surface area contributed by atoms with Gasteiger partial charge in [0.15, 0.2) is 11.6 Å². The van der Waals surface area contributed by atoms with Crippen molar-refractivity contribution < 1.29 is 4.92 Å². The van der Waals surface area contributed by atoms with Crippen LogP contribution in [-0.2, 0) is 0 Å². The predicted molar refractivity (Wildman–Crippen MR) is 122 cm³/mol. The highest BCUT2D eigenvalue weighted by Gasteiger charge is 2.14. The number of rotatable bonds is 5. The van der Waals surface area contributed by atoms with Crippen molar-refractivity contribution >= 4 is 39.7 Å². The molecule has 7 heteroatoms. The van der Waals surface area contributed by atoms with Crippen molar-refractivity contribution in [2.45, 2.75) is 0 Å². The average Bonchev–Trinajstić information content (AvgIpc) is 2.79. The van der Waals surface area contributed by atoms with Gasteiger partial charge in [-0.15, -0.1) is 12.8 Å². The Kier molecular flexibility index (Phi) is 5.16. The number of hydrogen-bond acceptors (Lipinski definition) is 6. The number of nitro groups is 1. The number of non-ortho nitro benzene ring substituents is 1. The van der Waals surface area contributed by atoms with E-state index in [1.54, 1.807) is 12.1 Å². The molecule has 4 aromatic rings. The van der Waals surface area contributed by atoms with E-state index in [9.17, 15) is 10.1 Å². The molecule has 4 rings (SSSR count). The van der Waals surface area contributed by atoms with Crippen LogP contribution in [0, 0.1) is 34.8 Å². The average molecular weight is 405 g/mol. The van der Waals surface area contributed by atoms with Crippen LogP contribution in [0.4, 0.5) is 28.7 Å². The lowest BCUT2D eigenvalue weighted by atomic mass is 10.2. The van der Waals surface area contributed by atoms with E-state index in [2.05, 4.69) is 32.4 Å². The summed E-state index contributed by atoms with van der Waals surface area (Å²) < 4.78 is 0. The van der Waals surface area contributed by atoms with E-state index in [0.717, 1.165) is 5.69 Å². The standard InChI is InChI=1S/C24H15N5O2/c1-3-16-7-5-9-18(13-16)25-23-24(26-19-10-6-8-17(4-2)14-19)28-22-15-20(29(30)31)11-12-21(22)27-23/h1-2,5-15H,(H,25,27)(H,26,28). The van der Waals surface area contributed by atoms with Gasteiger partial charge in [-0.1, -0.05) is 24.0 Å². The van der Waals surface area contributed by atoms with Gasteiger partial charge in [0.1, 0.15) is 0 Å². The van der Waals surface area contributed by atoms with Gasteiger partial charge in [0.25, 0.3) is 5.69 Å². The summed E-state index contributed by atoms with van der Waals surface area (Å²) in [4.78, 5) is 19.9. The minimum Gasteiger partial charge on any atom is -0.337 e. The van der Waals surface area contributed by atoms with E-state index in [0.29, 0.717) is 39.5 Å². The minimum absolute atomic E-state index is 0.0653. The Balaban J connectivity index is 1.82. The molecule has 31 heavy (non-hydrogen) atoms. The highest BCUT2D eigenvalue weighted by Crippen LogP contribution is 2.29. The van der Waals surface area contributed by atoms with Gasteiger partial charge in [0.2, 0.25) is 0 Å². The first kappa shape index (κ1) is 19.4. The normalized spacial score (nSPS) is 10.1. The Bertz CT molecular complexity index is 1400. The molecule has 0 aliphatic rings. The van der Waals surface area contributed by atoms with Crippen LogP contribution in [0.5, 0.6) is 0 Å². The first-order chi connectivity index (χ1) is 15.1. The Morgan fingerprint density at radius 1 is 0.774 bits per heavy atom. The fourth-order valence-electron chi connectivity index (χ4n) is 2.98. The summed E-state index contributed by atoms with van der Waals surface area (Å²) in [5.41, 5.74) is 3.67. The number of nitrogens with zero attached hydrogens (tertiary/aromatic N) is 3. The lowest BCUT2D eigenvalue weighted by Gasteiger charge is -2.14. The molecule has 0 aliphatic carbocycles. The van der Waals surface area contributed by atoms with Gasteiger partial charge < -0.3 is 10.6 Å². The van der Waals surface area contributed by atoms with Crippen LogP contribution in [0.2, 0.25) is 0 Å². The highest BCUT2D eigenvalue weighted by atomic mass is 16.6. The summed E-state index contributed by atoms with van der Waals surface area (Å²) in [6.45, 7) is 0. The number of aromatic nitrogens is 2. The summed E-state index contributed by atoms with van der Waals surface area (Å²) in [5.74, 6) is 5.99. The van der Waals surface area contributed by atoms with Crippen LogP contribution in [0.25, 0.3) is 11.0 Å². The van der Waals surface area contributed by atoms with Crippen LogP contribution in [0.3, 0.4) is 0 Å². The van der Waals surface area contributed by atoms with Crippen molar-refractivity contribution in [3.05, 3.63) is 88.0 Å². The number of hydrogen-bond donors (Lipinski definition) is 2. The molecule has 0 saturated carbocycles. The molecule has 0 unspecified atom stereocenters. The van der Waals surface area contributed by atoms with Crippen LogP contribution in [0.1, 0.15) is 11.1 Å². The Morgan fingerprint density at radius 3 is 1.84 bits per heavy atom. The molecule has 0 fully saturated rings. The number of terminal acetylenes is 2. The first-order valence-electron chi connectivity index (χ1n) is 9.19. The lowest BCUT2D eigenvalue weighted by Crippen LogP contribution is -2.04. The van der Waals surface area contributed by atoms with Crippen LogP contribution in [-0.4, -0.2) is 14.9 Å². The van der Waals surface area contributed by atoms with Crippen molar-refractivity contribution in [2.24, 2.45) is 0 Å². The molecular formula is C24H15N5O2. The summed E-state index contributed by atoms with van der Waals surface area (Å²) >= 11 is 0. The van der Waals surface area contributed by atoms with Crippen LogP contribution in [0.15, 0.2) is 66.7 Å². The number of nitrogens with one attached hydrogen (secondary N) is 2. The van der Waals surface area contributed by atoms with Crippen LogP contribution >= 0.6 is 0 Å². The van der Waals surface area contributed by atoms with E-state index in [4.69, 9.17) is 12.8 Å². The van der Waals surface area contributed by atoms with Gasteiger partial charge in [-0.05, 0) is 42.5 Å². The lowest BCUT2D eigenvalue weighted by molar-refractivity contribution is -0.384. The Morgan fingerprint density at radius 2 is 1.32 bits per heavy atom. The van der Waals surface area contributed by atoms with Gasteiger partial charge in [0, 0.05) is 34.6 Å². The first-order valence-corrected chi connectivity index (χ1v) is 9.19. The molecule has 0 spiro atoms. The fraction of sp³-hybridized carbons (Fsp3) is 0. The molecule has 148 valence electrons. The third kappa shape index (κ3) is 4.26. The molecule has 0 bridgehead atoms. The van der Waals surface area contributed by atoms with Gasteiger partial charge in [-0.2, -0.15) is 0 Å². The summed E-state index contributed by atoms with van der Waals surface area (Å²) in [6, 6.07) is 18.9. The zero-order valence-electron chi connectivity index (χ0n) is 16.2. The maximum atomic E-state index is 11.2. The Labute approximate surface area is 178 Å². The molecule has 0 aliphatic heterocycles. The van der Waals surface area contributed by atoms with Crippen molar-refractivity contribution in [1.29, 1.82) is 0 Å². The van der Waals surface area contributed by atoms with Crippen molar-refractivity contribution in [1.82, 2.24) is 9.97 Å². The predicted octanol–water partition coefficient (Wildman–Crippen LogP) is 4.99. The largest absolute Gasteiger partial charge is 0.337 e. The molecular weight excluding hydrogens is 390 g/mol. The molecule has 2 N–H and O–H groups in total. The van der Waals surface area contributed by atoms with E-state index in [-0.39, 0.29) is 5.69 Å². The van der Waals surface area contributed by atoms with Gasteiger partial charge in [0.05, 0.1) is 16.0 Å².